The summed E-state index contributed by atoms with van der Waals surface area (Å²) in [4.78, 5) is 1.30. The summed E-state index contributed by atoms with van der Waals surface area (Å²) in [5.41, 5.74) is 2.28. The zero-order valence-corrected chi connectivity index (χ0v) is 15.0. The molecular weight excluding hydrogens is 322 g/mol. The molecule has 2 aromatic rings. The minimum absolute atomic E-state index is 0.214. The van der Waals surface area contributed by atoms with Crippen LogP contribution in [0.15, 0.2) is 24.3 Å². The molecule has 1 saturated heterocycles. The number of benzene rings is 1. The van der Waals surface area contributed by atoms with E-state index in [1.165, 1.54) is 23.3 Å². The van der Waals surface area contributed by atoms with E-state index in [-0.39, 0.29) is 6.10 Å². The van der Waals surface area contributed by atoms with Gasteiger partial charge in [0.15, 0.2) is 6.67 Å². The average molecular weight is 348 g/mol. The Morgan fingerprint density at radius 1 is 1.29 bits per heavy atom. The van der Waals surface area contributed by atoms with Gasteiger partial charge in [-0.1, -0.05) is 25.5 Å². The maximum absolute atomic E-state index is 9.80. The van der Waals surface area contributed by atoms with Crippen LogP contribution in [0.25, 0.3) is 5.69 Å². The van der Waals surface area contributed by atoms with Gasteiger partial charge in [-0.05, 0) is 66.0 Å². The first kappa shape index (κ1) is 17.3. The van der Waals surface area contributed by atoms with Gasteiger partial charge in [-0.25, -0.2) is 0 Å². The maximum Gasteiger partial charge on any atom is 0.225 e. The Labute approximate surface area is 147 Å². The fourth-order valence-corrected chi connectivity index (χ4v) is 3.44. The Morgan fingerprint density at radius 2 is 2.08 bits per heavy atom. The lowest BCUT2D eigenvalue weighted by Crippen LogP contribution is -3.13. The minimum atomic E-state index is -0.214. The third kappa shape index (κ3) is 4.09. The van der Waals surface area contributed by atoms with Gasteiger partial charge >= 0.3 is 0 Å². The largest absolute Gasteiger partial charge is 0.387 e. The van der Waals surface area contributed by atoms with Gasteiger partial charge in [0.1, 0.15) is 12.6 Å². The standard InChI is InChI=1S/C17H25N5OS/c1-2-3-5-14-7-9-15(10-8-14)22-17(24)21(18-19-22)13-20-11-4-6-16(23)12-20/h7-10,16,23H,2-6,11-13H2,1H3/p+1/t16-/m1/s1. The number of unbranched alkanes of at least 4 members (excludes halogenated alkanes) is 1. The molecule has 7 heteroatoms. The van der Waals surface area contributed by atoms with Gasteiger partial charge in [-0.2, -0.15) is 9.36 Å². The van der Waals surface area contributed by atoms with Gasteiger partial charge in [-0.3, -0.25) is 0 Å². The fraction of sp³-hybridized carbons (Fsp3) is 0.588. The first-order chi connectivity index (χ1) is 11.7. The summed E-state index contributed by atoms with van der Waals surface area (Å²) >= 11 is 5.53. The van der Waals surface area contributed by atoms with E-state index >= 15 is 0 Å². The molecule has 1 unspecified atom stereocenters. The molecule has 1 aromatic carbocycles. The zero-order valence-electron chi connectivity index (χ0n) is 14.2. The maximum atomic E-state index is 9.80. The molecule has 1 fully saturated rings. The van der Waals surface area contributed by atoms with Crippen molar-refractivity contribution in [1.82, 2.24) is 19.8 Å². The van der Waals surface area contributed by atoms with E-state index in [2.05, 4.69) is 41.6 Å². The SMILES string of the molecule is CCCCc1ccc(-n2nnn(C[NH+]3CCC[C@@H](O)C3)c2=S)cc1. The zero-order chi connectivity index (χ0) is 16.9. The van der Waals surface area contributed by atoms with E-state index in [1.54, 1.807) is 9.36 Å². The van der Waals surface area contributed by atoms with Crippen molar-refractivity contribution in [3.8, 4) is 5.69 Å². The highest BCUT2D eigenvalue weighted by atomic mass is 32.1. The number of piperidine rings is 1. The lowest BCUT2D eigenvalue weighted by Gasteiger charge is -2.26. The van der Waals surface area contributed by atoms with E-state index in [9.17, 15) is 5.11 Å². The second kappa shape index (κ2) is 8.00. The van der Waals surface area contributed by atoms with E-state index in [0.29, 0.717) is 11.4 Å². The van der Waals surface area contributed by atoms with Crippen molar-refractivity contribution in [1.29, 1.82) is 0 Å². The van der Waals surface area contributed by atoms with E-state index in [0.717, 1.165) is 38.0 Å². The molecule has 2 N–H and O–H groups in total. The van der Waals surface area contributed by atoms with Crippen molar-refractivity contribution >= 4 is 12.2 Å². The number of nitrogens with zero attached hydrogens (tertiary/aromatic N) is 4. The van der Waals surface area contributed by atoms with E-state index in [4.69, 9.17) is 12.2 Å². The normalized spacial score (nSPS) is 21.1. The molecule has 130 valence electrons. The predicted octanol–water partition coefficient (Wildman–Crippen LogP) is 1.14. The van der Waals surface area contributed by atoms with Crippen LogP contribution in [0.4, 0.5) is 0 Å². The molecule has 1 aromatic heterocycles. The Bertz CT molecular complexity index is 709. The van der Waals surface area contributed by atoms with Crippen LogP contribution in [-0.4, -0.2) is 44.1 Å². The number of aryl methyl sites for hydroxylation is 1. The molecule has 2 heterocycles. The number of aromatic nitrogens is 4. The number of nitrogens with one attached hydrogen (secondary N) is 1. The van der Waals surface area contributed by atoms with Crippen LogP contribution in [0, 0.1) is 4.77 Å². The van der Waals surface area contributed by atoms with E-state index in [1.807, 2.05) is 0 Å². The number of hydrogen-bond donors (Lipinski definition) is 2. The average Bonchev–Trinajstić information content (AvgIpc) is 2.94. The summed E-state index contributed by atoms with van der Waals surface area (Å²) in [5, 5.41) is 18.2. The number of rotatable bonds is 6. The Kier molecular flexibility index (Phi) is 5.76. The Balaban J connectivity index is 1.71. The van der Waals surface area contributed by atoms with Gasteiger partial charge in [0.25, 0.3) is 0 Å². The van der Waals surface area contributed by atoms with Gasteiger partial charge in [0.2, 0.25) is 4.77 Å². The highest BCUT2D eigenvalue weighted by Crippen LogP contribution is 2.11. The quantitative estimate of drug-likeness (QED) is 0.769. The molecule has 2 atom stereocenters. The summed E-state index contributed by atoms with van der Waals surface area (Å²) < 4.78 is 4.07. The summed E-state index contributed by atoms with van der Waals surface area (Å²) in [7, 11) is 0. The van der Waals surface area contributed by atoms with Crippen LogP contribution in [0.2, 0.25) is 0 Å². The first-order valence-electron chi connectivity index (χ1n) is 8.81. The molecule has 0 saturated carbocycles. The second-order valence-electron chi connectivity index (χ2n) is 6.60. The summed E-state index contributed by atoms with van der Waals surface area (Å²) in [6.45, 7) is 4.65. The molecule has 6 nitrogen and oxygen atoms in total. The predicted molar refractivity (Wildman–Crippen MR) is 94.7 cm³/mol. The molecule has 0 spiro atoms. The van der Waals surface area contributed by atoms with Gasteiger partial charge in [0.05, 0.1) is 12.2 Å². The molecule has 0 amide bonds. The lowest BCUT2D eigenvalue weighted by atomic mass is 10.1. The lowest BCUT2D eigenvalue weighted by molar-refractivity contribution is -0.931. The van der Waals surface area contributed by atoms with Gasteiger partial charge in [0, 0.05) is 0 Å². The highest BCUT2D eigenvalue weighted by molar-refractivity contribution is 7.71. The van der Waals surface area contributed by atoms with Crippen molar-refractivity contribution in [3.05, 3.63) is 34.6 Å². The number of aliphatic hydroxyl groups is 1. The van der Waals surface area contributed by atoms with Crippen LogP contribution in [0.5, 0.6) is 0 Å². The summed E-state index contributed by atoms with van der Waals surface area (Å²) in [5.74, 6) is 0. The third-order valence-electron chi connectivity index (χ3n) is 4.60. The third-order valence-corrected chi connectivity index (χ3v) is 4.99. The second-order valence-corrected chi connectivity index (χ2v) is 6.97. The smallest absolute Gasteiger partial charge is 0.225 e. The van der Waals surface area contributed by atoms with Crippen LogP contribution in [-0.2, 0) is 13.1 Å². The molecular formula is C17H26N5OS+. The topological polar surface area (TPSA) is 60.3 Å². The van der Waals surface area contributed by atoms with Crippen LogP contribution < -0.4 is 4.90 Å². The van der Waals surface area contributed by atoms with Crippen molar-refractivity contribution in [2.45, 2.75) is 51.8 Å². The monoisotopic (exact) mass is 348 g/mol. The first-order valence-corrected chi connectivity index (χ1v) is 9.22. The number of hydrogen-bond acceptors (Lipinski definition) is 4. The number of quaternary nitrogens is 1. The molecule has 1 aliphatic rings. The van der Waals surface area contributed by atoms with Crippen LogP contribution in [0.1, 0.15) is 38.2 Å². The fourth-order valence-electron chi connectivity index (χ4n) is 3.20. The highest BCUT2D eigenvalue weighted by Gasteiger charge is 2.22. The van der Waals surface area contributed by atoms with E-state index < -0.39 is 0 Å². The van der Waals surface area contributed by atoms with Gasteiger partial charge in [-0.15, -0.1) is 0 Å². The Hall–Kier alpha value is -1.57. The van der Waals surface area contributed by atoms with Crippen LogP contribution in [0.3, 0.4) is 0 Å². The number of aliphatic hydroxyl groups excluding tert-OH is 1. The van der Waals surface area contributed by atoms with Crippen molar-refractivity contribution in [2.75, 3.05) is 13.1 Å². The molecule has 1 aliphatic heterocycles. The Morgan fingerprint density at radius 3 is 2.79 bits per heavy atom. The number of tetrazole rings is 1. The molecule has 24 heavy (non-hydrogen) atoms. The summed E-state index contributed by atoms with van der Waals surface area (Å²) in [6, 6.07) is 8.38. The van der Waals surface area contributed by atoms with Crippen molar-refractivity contribution < 1.29 is 10.0 Å². The summed E-state index contributed by atoms with van der Waals surface area (Å²) in [6.07, 6.45) is 5.24. The molecule has 0 aliphatic carbocycles. The minimum Gasteiger partial charge on any atom is -0.387 e. The van der Waals surface area contributed by atoms with Crippen molar-refractivity contribution in [2.24, 2.45) is 0 Å². The van der Waals surface area contributed by atoms with Crippen LogP contribution >= 0.6 is 12.2 Å². The van der Waals surface area contributed by atoms with Crippen molar-refractivity contribution in [3.63, 3.8) is 0 Å². The molecule has 0 radical (unpaired) electrons. The number of likely N-dealkylation sites (tertiary alicyclic amines) is 1. The molecule has 3 rings (SSSR count). The molecule has 0 bridgehead atoms. The van der Waals surface area contributed by atoms with Gasteiger partial charge < -0.3 is 10.0 Å².